The molecule has 0 saturated heterocycles. The van der Waals surface area contributed by atoms with Gasteiger partial charge in [0, 0.05) is 5.92 Å². The smallest absolute Gasteiger partial charge is 0.318 e. The van der Waals surface area contributed by atoms with Gasteiger partial charge in [-0.2, -0.15) is 0 Å². The molecule has 0 aromatic heterocycles. The van der Waals surface area contributed by atoms with E-state index in [0.717, 1.165) is 6.42 Å². The molecule has 0 aliphatic heterocycles. The molecule has 0 heterocycles. The minimum absolute atomic E-state index is 0.208. The normalized spacial score (nSPS) is 12.2. The number of hydrogen-bond acceptors (Lipinski definition) is 2. The highest BCUT2D eigenvalue weighted by Crippen LogP contribution is 2.15. The maximum Gasteiger partial charge on any atom is 0.318 e. The van der Waals surface area contributed by atoms with Gasteiger partial charge in [-0.25, -0.2) is 4.79 Å². The number of carbonyl (C=O) groups is 2. The van der Waals surface area contributed by atoms with E-state index >= 15 is 0 Å². The summed E-state index contributed by atoms with van der Waals surface area (Å²) < 4.78 is 0. The lowest BCUT2D eigenvalue weighted by atomic mass is 9.93. The van der Waals surface area contributed by atoms with E-state index < -0.39 is 6.03 Å². The van der Waals surface area contributed by atoms with E-state index in [9.17, 15) is 9.59 Å². The van der Waals surface area contributed by atoms with Gasteiger partial charge in [-0.1, -0.05) is 19.9 Å². The van der Waals surface area contributed by atoms with Gasteiger partial charge in [-0.3, -0.25) is 10.1 Å². The molecule has 3 N–H and O–H groups in total. The third-order valence-electron chi connectivity index (χ3n) is 1.82. The quantitative estimate of drug-likeness (QED) is 0.656. The van der Waals surface area contributed by atoms with Crippen LogP contribution in [0.1, 0.15) is 26.7 Å². The molecule has 1 atom stereocenters. The van der Waals surface area contributed by atoms with Crippen LogP contribution in [0.4, 0.5) is 4.79 Å². The molecule has 0 bridgehead atoms. The lowest BCUT2D eigenvalue weighted by molar-refractivity contribution is -0.124. The van der Waals surface area contributed by atoms with Crippen LogP contribution in [0, 0.1) is 11.8 Å². The maximum absolute atomic E-state index is 11.4. The first-order chi connectivity index (χ1) is 6.47. The average Bonchev–Trinajstić information content (AvgIpc) is 2.01. The van der Waals surface area contributed by atoms with Crippen molar-refractivity contribution in [3.05, 3.63) is 12.7 Å². The molecule has 0 rings (SSSR count). The van der Waals surface area contributed by atoms with Gasteiger partial charge in [0.15, 0.2) is 0 Å². The molecule has 0 aliphatic carbocycles. The van der Waals surface area contributed by atoms with Crippen molar-refractivity contribution in [2.24, 2.45) is 17.6 Å². The summed E-state index contributed by atoms with van der Waals surface area (Å²) in [4.78, 5) is 21.9. The number of imide groups is 1. The van der Waals surface area contributed by atoms with Crippen LogP contribution in [0.2, 0.25) is 0 Å². The van der Waals surface area contributed by atoms with E-state index in [-0.39, 0.29) is 11.8 Å². The summed E-state index contributed by atoms with van der Waals surface area (Å²) in [6.45, 7) is 7.62. The molecule has 0 saturated carbocycles. The topological polar surface area (TPSA) is 72.2 Å². The van der Waals surface area contributed by atoms with Crippen molar-refractivity contribution >= 4 is 11.9 Å². The van der Waals surface area contributed by atoms with Crippen molar-refractivity contribution in [2.45, 2.75) is 26.7 Å². The second-order valence-electron chi connectivity index (χ2n) is 3.70. The van der Waals surface area contributed by atoms with Crippen molar-refractivity contribution in [3.63, 3.8) is 0 Å². The van der Waals surface area contributed by atoms with Crippen LogP contribution in [0.3, 0.4) is 0 Å². The van der Waals surface area contributed by atoms with Crippen LogP contribution >= 0.6 is 0 Å². The minimum atomic E-state index is -0.798. The predicted molar refractivity (Wildman–Crippen MR) is 55.5 cm³/mol. The lowest BCUT2D eigenvalue weighted by Crippen LogP contribution is -2.39. The number of urea groups is 1. The summed E-state index contributed by atoms with van der Waals surface area (Å²) >= 11 is 0. The number of nitrogens with one attached hydrogen (secondary N) is 1. The fourth-order valence-corrected chi connectivity index (χ4v) is 1.30. The number of nitrogens with two attached hydrogens (primary N) is 1. The van der Waals surface area contributed by atoms with Crippen molar-refractivity contribution in [1.82, 2.24) is 5.32 Å². The van der Waals surface area contributed by atoms with Crippen molar-refractivity contribution in [2.75, 3.05) is 0 Å². The summed E-state index contributed by atoms with van der Waals surface area (Å²) in [7, 11) is 0. The molecule has 14 heavy (non-hydrogen) atoms. The zero-order chi connectivity index (χ0) is 11.1. The van der Waals surface area contributed by atoms with E-state index in [4.69, 9.17) is 5.73 Å². The second-order valence-corrected chi connectivity index (χ2v) is 3.70. The van der Waals surface area contributed by atoms with Crippen LogP contribution < -0.4 is 11.1 Å². The first-order valence-electron chi connectivity index (χ1n) is 4.68. The van der Waals surface area contributed by atoms with E-state index in [1.807, 2.05) is 13.8 Å². The number of carbonyl (C=O) groups excluding carboxylic acids is 2. The first kappa shape index (κ1) is 12.7. The molecule has 0 aromatic rings. The van der Waals surface area contributed by atoms with Gasteiger partial charge in [0.1, 0.15) is 0 Å². The van der Waals surface area contributed by atoms with Crippen LogP contribution in [0.5, 0.6) is 0 Å². The molecule has 0 fully saturated rings. The monoisotopic (exact) mass is 198 g/mol. The third kappa shape index (κ3) is 5.35. The van der Waals surface area contributed by atoms with Crippen molar-refractivity contribution in [3.8, 4) is 0 Å². The van der Waals surface area contributed by atoms with E-state index in [2.05, 4.69) is 11.9 Å². The Labute approximate surface area is 84.5 Å². The number of amides is 3. The molecular weight excluding hydrogens is 180 g/mol. The molecule has 1 unspecified atom stereocenters. The van der Waals surface area contributed by atoms with Gasteiger partial charge in [-0.15, -0.1) is 6.58 Å². The van der Waals surface area contributed by atoms with Crippen LogP contribution in [0.15, 0.2) is 12.7 Å². The van der Waals surface area contributed by atoms with Gasteiger partial charge in [0.05, 0.1) is 0 Å². The molecule has 4 heteroatoms. The minimum Gasteiger partial charge on any atom is -0.351 e. The molecule has 80 valence electrons. The SMILES string of the molecule is C=CCC(CC(C)C)C(=O)NC(N)=O. The highest BCUT2D eigenvalue weighted by molar-refractivity contribution is 5.94. The Balaban J connectivity index is 4.24. The third-order valence-corrected chi connectivity index (χ3v) is 1.82. The average molecular weight is 198 g/mol. The standard InChI is InChI=1S/C10H18N2O2/c1-4-5-8(6-7(2)3)9(13)12-10(11)14/h4,7-8H,1,5-6H2,2-3H3,(H3,11,12,13,14). The van der Waals surface area contributed by atoms with E-state index in [1.54, 1.807) is 6.08 Å². The van der Waals surface area contributed by atoms with Gasteiger partial charge >= 0.3 is 6.03 Å². The maximum atomic E-state index is 11.4. The Morgan fingerprint density at radius 2 is 2.07 bits per heavy atom. The number of primary amides is 1. The fraction of sp³-hybridized carbons (Fsp3) is 0.600. The number of rotatable bonds is 5. The molecule has 0 radical (unpaired) electrons. The molecular formula is C10H18N2O2. The molecule has 4 nitrogen and oxygen atoms in total. The van der Waals surface area contributed by atoms with Gasteiger partial charge in [0.25, 0.3) is 0 Å². The first-order valence-corrected chi connectivity index (χ1v) is 4.68. The summed E-state index contributed by atoms with van der Waals surface area (Å²) in [5.41, 5.74) is 4.86. The fourth-order valence-electron chi connectivity index (χ4n) is 1.30. The highest BCUT2D eigenvalue weighted by atomic mass is 16.2. The van der Waals surface area contributed by atoms with E-state index in [0.29, 0.717) is 12.3 Å². The zero-order valence-corrected chi connectivity index (χ0v) is 8.75. The zero-order valence-electron chi connectivity index (χ0n) is 8.75. The van der Waals surface area contributed by atoms with Crippen molar-refractivity contribution in [1.29, 1.82) is 0 Å². The number of hydrogen-bond donors (Lipinski definition) is 2. The Kier molecular flexibility index (Phi) is 5.60. The highest BCUT2D eigenvalue weighted by Gasteiger charge is 2.19. The van der Waals surface area contributed by atoms with E-state index in [1.165, 1.54) is 0 Å². The van der Waals surface area contributed by atoms with Crippen LogP contribution in [0.25, 0.3) is 0 Å². The summed E-state index contributed by atoms with van der Waals surface area (Å²) in [6, 6.07) is -0.798. The Morgan fingerprint density at radius 3 is 2.43 bits per heavy atom. The summed E-state index contributed by atoms with van der Waals surface area (Å²) in [6.07, 6.45) is 2.97. The lowest BCUT2D eigenvalue weighted by Gasteiger charge is -2.15. The van der Waals surface area contributed by atoms with Crippen LogP contribution in [-0.2, 0) is 4.79 Å². The number of allylic oxidation sites excluding steroid dienone is 1. The second kappa shape index (κ2) is 6.18. The largest absolute Gasteiger partial charge is 0.351 e. The van der Waals surface area contributed by atoms with Gasteiger partial charge < -0.3 is 5.73 Å². The Morgan fingerprint density at radius 1 is 1.50 bits per heavy atom. The summed E-state index contributed by atoms with van der Waals surface area (Å²) in [5.74, 6) is -0.121. The van der Waals surface area contributed by atoms with Crippen molar-refractivity contribution < 1.29 is 9.59 Å². The predicted octanol–water partition coefficient (Wildman–Crippen LogP) is 1.42. The molecule has 0 spiro atoms. The molecule has 0 aliphatic rings. The molecule has 3 amide bonds. The van der Waals surface area contributed by atoms with Gasteiger partial charge in [-0.05, 0) is 18.8 Å². The van der Waals surface area contributed by atoms with Crippen LogP contribution in [-0.4, -0.2) is 11.9 Å². The Hall–Kier alpha value is -1.32. The summed E-state index contributed by atoms with van der Waals surface area (Å²) in [5, 5.41) is 2.09. The molecule has 0 aromatic carbocycles. The van der Waals surface area contributed by atoms with Gasteiger partial charge in [0.2, 0.25) is 5.91 Å². The Bertz CT molecular complexity index is 224.